The molecule has 0 bridgehead atoms. The minimum atomic E-state index is -2.98. The second kappa shape index (κ2) is 6.78. The summed E-state index contributed by atoms with van der Waals surface area (Å²) in [7, 11) is -2.98. The van der Waals surface area contributed by atoms with E-state index in [0.717, 1.165) is 6.54 Å². The summed E-state index contributed by atoms with van der Waals surface area (Å²) >= 11 is 0. The SMILES string of the molecule is CC(C)[C@@H]1CN(CCS(C)(=O)=O)C[C@H]1NC(=O)c1ccon1. The summed E-state index contributed by atoms with van der Waals surface area (Å²) in [6, 6.07) is 1.51. The van der Waals surface area contributed by atoms with Crippen molar-refractivity contribution in [3.05, 3.63) is 18.0 Å². The molecule has 1 fully saturated rings. The Morgan fingerprint density at radius 3 is 2.77 bits per heavy atom. The molecule has 2 heterocycles. The highest BCUT2D eigenvalue weighted by atomic mass is 32.2. The van der Waals surface area contributed by atoms with Gasteiger partial charge in [-0.25, -0.2) is 8.42 Å². The molecular weight excluding hydrogens is 306 g/mol. The molecule has 8 heteroatoms. The fraction of sp³-hybridized carbons (Fsp3) is 0.714. The van der Waals surface area contributed by atoms with Crippen LogP contribution in [0.1, 0.15) is 24.3 Å². The van der Waals surface area contributed by atoms with Crippen molar-refractivity contribution in [2.24, 2.45) is 11.8 Å². The zero-order valence-electron chi connectivity index (χ0n) is 13.2. The number of carbonyl (C=O) groups excluding carboxylic acids is 1. The van der Waals surface area contributed by atoms with E-state index in [4.69, 9.17) is 0 Å². The van der Waals surface area contributed by atoms with Gasteiger partial charge in [0.25, 0.3) is 5.91 Å². The van der Waals surface area contributed by atoms with E-state index < -0.39 is 9.84 Å². The molecule has 0 spiro atoms. The number of rotatable bonds is 6. The average molecular weight is 329 g/mol. The summed E-state index contributed by atoms with van der Waals surface area (Å²) in [5, 5.41) is 6.62. The van der Waals surface area contributed by atoms with E-state index >= 15 is 0 Å². The van der Waals surface area contributed by atoms with Crippen LogP contribution in [0.5, 0.6) is 0 Å². The molecule has 2 atom stereocenters. The van der Waals surface area contributed by atoms with Crippen LogP contribution in [0.25, 0.3) is 0 Å². The van der Waals surface area contributed by atoms with Crippen molar-refractivity contribution in [2.75, 3.05) is 31.6 Å². The lowest BCUT2D eigenvalue weighted by Gasteiger charge is -2.22. The van der Waals surface area contributed by atoms with Crippen LogP contribution in [0.4, 0.5) is 0 Å². The van der Waals surface area contributed by atoms with Crippen LogP contribution in [0.2, 0.25) is 0 Å². The van der Waals surface area contributed by atoms with Gasteiger partial charge >= 0.3 is 0 Å². The van der Waals surface area contributed by atoms with Crippen molar-refractivity contribution in [3.8, 4) is 0 Å². The second-order valence-electron chi connectivity index (χ2n) is 6.26. The first-order valence-electron chi connectivity index (χ1n) is 7.37. The highest BCUT2D eigenvalue weighted by molar-refractivity contribution is 7.90. The maximum Gasteiger partial charge on any atom is 0.273 e. The number of amides is 1. The van der Waals surface area contributed by atoms with Gasteiger partial charge in [-0.1, -0.05) is 19.0 Å². The fourth-order valence-corrected chi connectivity index (χ4v) is 3.38. The Labute approximate surface area is 131 Å². The first kappa shape index (κ1) is 17.0. The third-order valence-corrected chi connectivity index (χ3v) is 4.99. The second-order valence-corrected chi connectivity index (χ2v) is 8.52. The van der Waals surface area contributed by atoms with Gasteiger partial charge in [0.2, 0.25) is 0 Å². The zero-order chi connectivity index (χ0) is 16.3. The van der Waals surface area contributed by atoms with Crippen molar-refractivity contribution >= 4 is 15.7 Å². The molecule has 0 saturated carbocycles. The lowest BCUT2D eigenvalue weighted by molar-refractivity contribution is 0.0916. The van der Waals surface area contributed by atoms with Crippen LogP contribution in [-0.4, -0.2) is 62.1 Å². The maximum absolute atomic E-state index is 12.1. The number of hydrogen-bond acceptors (Lipinski definition) is 6. The molecule has 124 valence electrons. The molecule has 0 unspecified atom stereocenters. The maximum atomic E-state index is 12.1. The minimum Gasteiger partial charge on any atom is -0.364 e. The van der Waals surface area contributed by atoms with E-state index in [9.17, 15) is 13.2 Å². The third-order valence-electron chi connectivity index (χ3n) is 4.06. The van der Waals surface area contributed by atoms with E-state index in [1.807, 2.05) is 0 Å². The van der Waals surface area contributed by atoms with Crippen LogP contribution in [0, 0.1) is 11.8 Å². The predicted molar refractivity (Wildman–Crippen MR) is 82.2 cm³/mol. The highest BCUT2D eigenvalue weighted by Gasteiger charge is 2.36. The Morgan fingerprint density at radius 1 is 1.50 bits per heavy atom. The van der Waals surface area contributed by atoms with Gasteiger partial charge in [-0.15, -0.1) is 0 Å². The number of sulfone groups is 1. The van der Waals surface area contributed by atoms with Gasteiger partial charge in [0, 0.05) is 38.0 Å². The smallest absolute Gasteiger partial charge is 0.273 e. The monoisotopic (exact) mass is 329 g/mol. The van der Waals surface area contributed by atoms with E-state index in [1.165, 1.54) is 18.6 Å². The molecule has 1 aliphatic rings. The summed E-state index contributed by atoms with van der Waals surface area (Å²) in [6.07, 6.45) is 2.61. The topological polar surface area (TPSA) is 92.5 Å². The van der Waals surface area contributed by atoms with Gasteiger partial charge in [0.05, 0.1) is 5.75 Å². The molecule has 1 aromatic heterocycles. The Morgan fingerprint density at radius 2 is 2.23 bits per heavy atom. The standard InChI is InChI=1S/C14H23N3O4S/c1-10(2)11-8-17(5-7-22(3,19)20)9-13(11)15-14(18)12-4-6-21-16-12/h4,6,10-11,13H,5,7-9H2,1-3H3,(H,15,18)/t11-,13+/m0/s1. The van der Waals surface area contributed by atoms with Crippen molar-refractivity contribution in [1.29, 1.82) is 0 Å². The molecule has 0 radical (unpaired) electrons. The highest BCUT2D eigenvalue weighted by Crippen LogP contribution is 2.24. The van der Waals surface area contributed by atoms with Crippen molar-refractivity contribution in [3.63, 3.8) is 0 Å². The fourth-order valence-electron chi connectivity index (χ4n) is 2.79. The first-order chi connectivity index (χ1) is 10.3. The Bertz CT molecular complexity index is 598. The Hall–Kier alpha value is -1.41. The number of aromatic nitrogens is 1. The zero-order valence-corrected chi connectivity index (χ0v) is 14.0. The summed E-state index contributed by atoms with van der Waals surface area (Å²) < 4.78 is 27.3. The molecule has 1 N–H and O–H groups in total. The lowest BCUT2D eigenvalue weighted by atomic mass is 9.91. The molecule has 1 saturated heterocycles. The normalized spacial score (nSPS) is 23.1. The molecule has 1 aromatic rings. The number of hydrogen-bond donors (Lipinski definition) is 1. The predicted octanol–water partition coefficient (Wildman–Crippen LogP) is 0.405. The first-order valence-corrected chi connectivity index (χ1v) is 9.43. The van der Waals surface area contributed by atoms with Crippen LogP contribution >= 0.6 is 0 Å². The molecule has 0 aromatic carbocycles. The summed E-state index contributed by atoms with van der Waals surface area (Å²) in [5.41, 5.74) is 0.261. The van der Waals surface area contributed by atoms with Crippen molar-refractivity contribution in [2.45, 2.75) is 19.9 Å². The van der Waals surface area contributed by atoms with E-state index in [2.05, 4.69) is 33.7 Å². The number of nitrogens with zero attached hydrogens (tertiary/aromatic N) is 2. The number of carbonyl (C=O) groups is 1. The molecule has 0 aliphatic carbocycles. The lowest BCUT2D eigenvalue weighted by Crippen LogP contribution is -2.42. The molecular formula is C14H23N3O4S. The van der Waals surface area contributed by atoms with Crippen molar-refractivity contribution < 1.29 is 17.7 Å². The van der Waals surface area contributed by atoms with Crippen LogP contribution in [0.15, 0.2) is 16.9 Å². The number of likely N-dealkylation sites (tertiary alicyclic amines) is 1. The van der Waals surface area contributed by atoms with E-state index in [1.54, 1.807) is 0 Å². The van der Waals surface area contributed by atoms with Gasteiger partial charge in [-0.05, 0) is 11.8 Å². The van der Waals surface area contributed by atoms with Gasteiger partial charge in [0.15, 0.2) is 5.69 Å². The minimum absolute atomic E-state index is 0.0104. The van der Waals surface area contributed by atoms with Crippen LogP contribution in [-0.2, 0) is 9.84 Å². The summed E-state index contributed by atoms with van der Waals surface area (Å²) in [6.45, 7) is 6.16. The third kappa shape index (κ3) is 4.54. The largest absolute Gasteiger partial charge is 0.364 e. The van der Waals surface area contributed by atoms with E-state index in [-0.39, 0.29) is 29.3 Å². The molecule has 7 nitrogen and oxygen atoms in total. The molecule has 22 heavy (non-hydrogen) atoms. The average Bonchev–Trinajstić information content (AvgIpc) is 3.04. The summed E-state index contributed by atoms with van der Waals surface area (Å²) in [5.74, 6) is 0.567. The van der Waals surface area contributed by atoms with Crippen LogP contribution in [0.3, 0.4) is 0 Å². The quantitative estimate of drug-likeness (QED) is 0.812. The Balaban J connectivity index is 1.98. The Kier molecular flexibility index (Phi) is 5.23. The van der Waals surface area contributed by atoms with E-state index in [0.29, 0.717) is 19.0 Å². The molecule has 2 rings (SSSR count). The molecule has 1 amide bonds. The summed E-state index contributed by atoms with van der Waals surface area (Å²) in [4.78, 5) is 14.2. The van der Waals surface area contributed by atoms with Gasteiger partial charge in [-0.2, -0.15) is 0 Å². The van der Waals surface area contributed by atoms with Gasteiger partial charge in [-0.3, -0.25) is 9.69 Å². The number of nitrogens with one attached hydrogen (secondary N) is 1. The molecule has 1 aliphatic heterocycles. The van der Waals surface area contributed by atoms with Gasteiger partial charge < -0.3 is 9.84 Å². The van der Waals surface area contributed by atoms with Gasteiger partial charge in [0.1, 0.15) is 16.1 Å². The van der Waals surface area contributed by atoms with Crippen molar-refractivity contribution in [1.82, 2.24) is 15.4 Å². The van der Waals surface area contributed by atoms with Crippen LogP contribution < -0.4 is 5.32 Å².